The van der Waals surface area contributed by atoms with E-state index in [0.29, 0.717) is 13.2 Å². The molecule has 0 amide bonds. The quantitative estimate of drug-likeness (QED) is 0.834. The number of methoxy groups -OCH3 is 1. The third kappa shape index (κ3) is 3.48. The fourth-order valence-corrected chi connectivity index (χ4v) is 2.93. The second kappa shape index (κ2) is 7.64. The van der Waals surface area contributed by atoms with Crippen molar-refractivity contribution in [2.75, 3.05) is 44.9 Å². The molecule has 5 nitrogen and oxygen atoms in total. The minimum atomic E-state index is -0.00145. The van der Waals surface area contributed by atoms with Gasteiger partial charge in [0.25, 0.3) is 0 Å². The summed E-state index contributed by atoms with van der Waals surface area (Å²) in [6.07, 6.45) is 0. The summed E-state index contributed by atoms with van der Waals surface area (Å²) < 4.78 is 11.0. The first-order valence-corrected chi connectivity index (χ1v) is 7.58. The van der Waals surface area contributed by atoms with Crippen molar-refractivity contribution in [2.45, 2.75) is 25.9 Å². The van der Waals surface area contributed by atoms with Gasteiger partial charge in [-0.2, -0.15) is 0 Å². The van der Waals surface area contributed by atoms with Crippen LogP contribution in [0.25, 0.3) is 0 Å². The Bertz CT molecular complexity index is 453. The number of ether oxygens (including phenoxy) is 2. The highest BCUT2D eigenvalue weighted by Crippen LogP contribution is 2.36. The molecule has 5 heteroatoms. The van der Waals surface area contributed by atoms with Crippen molar-refractivity contribution in [2.24, 2.45) is 0 Å². The molecular formula is C16H26N2O3. The molecule has 1 aromatic rings. The zero-order chi connectivity index (χ0) is 15.2. The smallest absolute Gasteiger partial charge is 0.125 e. The van der Waals surface area contributed by atoms with Crippen molar-refractivity contribution < 1.29 is 14.6 Å². The van der Waals surface area contributed by atoms with Crippen LogP contribution < -0.4 is 15.0 Å². The third-order valence-electron chi connectivity index (χ3n) is 3.95. The van der Waals surface area contributed by atoms with E-state index in [4.69, 9.17) is 9.47 Å². The predicted octanol–water partition coefficient (Wildman–Crippen LogP) is 1.56. The van der Waals surface area contributed by atoms with Crippen LogP contribution in [0, 0.1) is 0 Å². The van der Waals surface area contributed by atoms with Crippen LogP contribution in [0.5, 0.6) is 5.75 Å². The molecule has 1 heterocycles. The van der Waals surface area contributed by atoms with E-state index >= 15 is 0 Å². The van der Waals surface area contributed by atoms with Gasteiger partial charge in [-0.25, -0.2) is 0 Å². The number of aliphatic hydroxyl groups excluding tert-OH is 1. The monoisotopic (exact) mass is 294 g/mol. The molecule has 118 valence electrons. The standard InChI is InChI=1S/C16H26N2O3/c1-4-17-12(2)16-14(6-5-7-15(16)20-3)18-8-9-21-11-13(18)10-19/h5-7,12-13,17,19H,4,8-11H2,1-3H3. The van der Waals surface area contributed by atoms with Gasteiger partial charge in [0.05, 0.1) is 33.0 Å². The highest BCUT2D eigenvalue weighted by atomic mass is 16.5. The highest BCUT2D eigenvalue weighted by molar-refractivity contribution is 5.61. The third-order valence-corrected chi connectivity index (χ3v) is 3.95. The molecular weight excluding hydrogens is 268 g/mol. The number of nitrogens with zero attached hydrogens (tertiary/aromatic N) is 1. The molecule has 2 unspecified atom stereocenters. The lowest BCUT2D eigenvalue weighted by Gasteiger charge is -2.38. The highest BCUT2D eigenvalue weighted by Gasteiger charge is 2.27. The van der Waals surface area contributed by atoms with Gasteiger partial charge in [0.1, 0.15) is 5.75 Å². The van der Waals surface area contributed by atoms with Gasteiger partial charge in [-0.05, 0) is 25.6 Å². The molecule has 1 aromatic carbocycles. The molecule has 0 spiro atoms. The lowest BCUT2D eigenvalue weighted by molar-refractivity contribution is 0.0725. The number of anilines is 1. The number of rotatable bonds is 6. The summed E-state index contributed by atoms with van der Waals surface area (Å²) in [5.41, 5.74) is 2.26. The van der Waals surface area contributed by atoms with Gasteiger partial charge in [-0.1, -0.05) is 13.0 Å². The van der Waals surface area contributed by atoms with Gasteiger partial charge in [-0.15, -0.1) is 0 Å². The Morgan fingerprint density at radius 3 is 3.00 bits per heavy atom. The van der Waals surface area contributed by atoms with Crippen molar-refractivity contribution >= 4 is 5.69 Å². The largest absolute Gasteiger partial charge is 0.496 e. The molecule has 0 aromatic heterocycles. The molecule has 2 atom stereocenters. The molecule has 2 rings (SSSR count). The summed E-state index contributed by atoms with van der Waals surface area (Å²) in [5, 5.41) is 13.1. The number of nitrogens with one attached hydrogen (secondary N) is 1. The summed E-state index contributed by atoms with van der Waals surface area (Å²) >= 11 is 0. The Balaban J connectivity index is 2.41. The lowest BCUT2D eigenvalue weighted by atomic mass is 10.0. The average Bonchev–Trinajstić information content (AvgIpc) is 2.54. The maximum atomic E-state index is 9.61. The Hall–Kier alpha value is -1.30. The van der Waals surface area contributed by atoms with Crippen molar-refractivity contribution in [1.29, 1.82) is 0 Å². The lowest BCUT2D eigenvalue weighted by Crippen LogP contribution is -2.48. The summed E-state index contributed by atoms with van der Waals surface area (Å²) in [7, 11) is 1.70. The molecule has 0 bridgehead atoms. The van der Waals surface area contributed by atoms with E-state index in [2.05, 4.69) is 30.1 Å². The van der Waals surface area contributed by atoms with E-state index < -0.39 is 0 Å². The van der Waals surface area contributed by atoms with E-state index in [1.54, 1.807) is 7.11 Å². The van der Waals surface area contributed by atoms with Gasteiger partial charge in [0, 0.05) is 23.8 Å². The summed E-state index contributed by atoms with van der Waals surface area (Å²) in [5.74, 6) is 0.879. The average molecular weight is 294 g/mol. The zero-order valence-corrected chi connectivity index (χ0v) is 13.1. The summed E-state index contributed by atoms with van der Waals surface area (Å²) in [6.45, 7) is 7.24. The van der Waals surface area contributed by atoms with Crippen LogP contribution in [-0.4, -0.2) is 51.2 Å². The fourth-order valence-electron chi connectivity index (χ4n) is 2.93. The first-order chi connectivity index (χ1) is 10.2. The van der Waals surface area contributed by atoms with Gasteiger partial charge >= 0.3 is 0 Å². The van der Waals surface area contributed by atoms with Crippen molar-refractivity contribution in [3.63, 3.8) is 0 Å². The van der Waals surface area contributed by atoms with Crippen LogP contribution in [0.4, 0.5) is 5.69 Å². The Morgan fingerprint density at radius 1 is 1.52 bits per heavy atom. The number of hydrogen-bond donors (Lipinski definition) is 2. The van der Waals surface area contributed by atoms with Crippen LogP contribution in [0.15, 0.2) is 18.2 Å². The molecule has 1 aliphatic rings. The molecule has 0 radical (unpaired) electrons. The predicted molar refractivity (Wildman–Crippen MR) is 84.1 cm³/mol. The summed E-state index contributed by atoms with van der Waals surface area (Å²) in [4.78, 5) is 2.23. The number of aliphatic hydroxyl groups is 1. The fraction of sp³-hybridized carbons (Fsp3) is 0.625. The number of morpholine rings is 1. The number of hydrogen-bond acceptors (Lipinski definition) is 5. The first-order valence-electron chi connectivity index (χ1n) is 7.58. The first kappa shape index (κ1) is 16.1. The molecule has 0 saturated carbocycles. The molecule has 1 aliphatic heterocycles. The SMILES string of the molecule is CCNC(C)c1c(OC)cccc1N1CCOCC1CO. The maximum absolute atomic E-state index is 9.61. The van der Waals surface area contributed by atoms with E-state index in [1.165, 1.54) is 0 Å². The Labute approximate surface area is 126 Å². The molecule has 1 saturated heterocycles. The maximum Gasteiger partial charge on any atom is 0.125 e. The van der Waals surface area contributed by atoms with Crippen molar-refractivity contribution in [3.05, 3.63) is 23.8 Å². The van der Waals surface area contributed by atoms with Gasteiger partial charge < -0.3 is 24.8 Å². The minimum absolute atomic E-state index is 0.00145. The van der Waals surface area contributed by atoms with E-state index in [1.807, 2.05) is 12.1 Å². The molecule has 21 heavy (non-hydrogen) atoms. The van der Waals surface area contributed by atoms with Crippen molar-refractivity contribution in [3.8, 4) is 5.75 Å². The van der Waals surface area contributed by atoms with Crippen LogP contribution in [0.2, 0.25) is 0 Å². The Morgan fingerprint density at radius 2 is 2.33 bits per heavy atom. The van der Waals surface area contributed by atoms with E-state index in [-0.39, 0.29) is 18.7 Å². The van der Waals surface area contributed by atoms with Crippen LogP contribution >= 0.6 is 0 Å². The minimum Gasteiger partial charge on any atom is -0.496 e. The topological polar surface area (TPSA) is 54.0 Å². The van der Waals surface area contributed by atoms with Gasteiger partial charge in [0.2, 0.25) is 0 Å². The summed E-state index contributed by atoms with van der Waals surface area (Å²) in [6, 6.07) is 6.27. The van der Waals surface area contributed by atoms with E-state index in [0.717, 1.165) is 30.1 Å². The van der Waals surface area contributed by atoms with Crippen LogP contribution in [0.1, 0.15) is 25.5 Å². The second-order valence-electron chi connectivity index (χ2n) is 5.28. The molecule has 0 aliphatic carbocycles. The van der Waals surface area contributed by atoms with Crippen LogP contribution in [0.3, 0.4) is 0 Å². The van der Waals surface area contributed by atoms with Gasteiger partial charge in [-0.3, -0.25) is 0 Å². The van der Waals surface area contributed by atoms with E-state index in [9.17, 15) is 5.11 Å². The van der Waals surface area contributed by atoms with Crippen molar-refractivity contribution in [1.82, 2.24) is 5.32 Å². The Kier molecular flexibility index (Phi) is 5.85. The zero-order valence-electron chi connectivity index (χ0n) is 13.1. The van der Waals surface area contributed by atoms with Gasteiger partial charge in [0.15, 0.2) is 0 Å². The molecule has 2 N–H and O–H groups in total. The normalized spacial score (nSPS) is 20.4. The molecule has 1 fully saturated rings. The van der Waals surface area contributed by atoms with Crippen LogP contribution in [-0.2, 0) is 4.74 Å². The second-order valence-corrected chi connectivity index (χ2v) is 5.28. The number of benzene rings is 1.